The minimum atomic E-state index is -4.84. The van der Waals surface area contributed by atoms with Gasteiger partial charge in [-0.25, -0.2) is 4.98 Å². The molecule has 0 atom stereocenters. The van der Waals surface area contributed by atoms with E-state index in [1.54, 1.807) is 0 Å². The zero-order chi connectivity index (χ0) is 13.5. The molecule has 0 amide bonds. The molecule has 2 aromatic heterocycles. The molecule has 0 aliphatic rings. The number of nitrogens with zero attached hydrogens (tertiary/aromatic N) is 3. The maximum absolute atomic E-state index is 13.3. The van der Waals surface area contributed by atoms with Crippen LogP contribution in [0.3, 0.4) is 0 Å². The number of hydrogen-bond acceptors (Lipinski definition) is 4. The van der Waals surface area contributed by atoms with Crippen LogP contribution in [-0.2, 0) is 0 Å². The van der Waals surface area contributed by atoms with E-state index in [-0.39, 0.29) is 11.5 Å². The molecule has 2 rings (SSSR count). The highest BCUT2D eigenvalue weighted by Gasteiger charge is 2.26. The quantitative estimate of drug-likeness (QED) is 0.752. The number of halogens is 4. The van der Waals surface area contributed by atoms with Crippen LogP contribution in [0, 0.1) is 0 Å². The third-order valence-electron chi connectivity index (χ3n) is 1.94. The number of H-pyrrole nitrogens is 1. The molecule has 0 aliphatic heterocycles. The van der Waals surface area contributed by atoms with Crippen molar-refractivity contribution in [2.45, 2.75) is 6.18 Å². The third kappa shape index (κ3) is 2.17. The van der Waals surface area contributed by atoms with Crippen molar-refractivity contribution in [1.82, 2.24) is 19.5 Å². The Labute approximate surface area is 95.8 Å². The number of alkyl halides is 3. The zero-order valence-electron chi connectivity index (χ0n) is 8.49. The number of allylic oxidation sites excluding steroid dienone is 1. The number of nitrogens with two attached hydrogens (primary N) is 1. The molecule has 10 heteroatoms. The predicted octanol–water partition coefficient (Wildman–Crippen LogP) is 1.03. The van der Waals surface area contributed by atoms with Crippen molar-refractivity contribution < 1.29 is 17.6 Å². The van der Waals surface area contributed by atoms with E-state index in [0.717, 1.165) is 0 Å². The van der Waals surface area contributed by atoms with Gasteiger partial charge in [-0.1, -0.05) is 0 Å². The molecule has 0 spiro atoms. The van der Waals surface area contributed by atoms with Crippen molar-refractivity contribution in [2.75, 3.05) is 5.73 Å². The van der Waals surface area contributed by atoms with Gasteiger partial charge in [0.25, 0.3) is 5.56 Å². The minimum Gasteiger partial charge on any atom is -0.369 e. The minimum absolute atomic E-state index is 0.310. The zero-order valence-corrected chi connectivity index (χ0v) is 8.49. The van der Waals surface area contributed by atoms with Gasteiger partial charge in [0.2, 0.25) is 11.9 Å². The summed E-state index contributed by atoms with van der Waals surface area (Å²) in [6, 6.07) is 0. The number of imidazole rings is 1. The summed E-state index contributed by atoms with van der Waals surface area (Å²) in [4.78, 5) is 20.4. The standard InChI is InChI=1S/C8H5F4N5O/c9-3(1-8(10,11)12)17-2-14-4-5(17)15-7(13)16-6(4)18/h1-2H,(H3,13,15,16,18)/b3-1+. The lowest BCUT2D eigenvalue weighted by Gasteiger charge is -2.02. The molecule has 3 N–H and O–H groups in total. The topological polar surface area (TPSA) is 89.6 Å². The van der Waals surface area contributed by atoms with Crippen LogP contribution in [-0.4, -0.2) is 25.7 Å². The summed E-state index contributed by atoms with van der Waals surface area (Å²) >= 11 is 0. The molecular weight excluding hydrogens is 258 g/mol. The van der Waals surface area contributed by atoms with Gasteiger partial charge >= 0.3 is 6.18 Å². The van der Waals surface area contributed by atoms with Crippen LogP contribution in [0.2, 0.25) is 0 Å². The number of nitrogens with one attached hydrogen (secondary N) is 1. The van der Waals surface area contributed by atoms with Crippen molar-refractivity contribution in [1.29, 1.82) is 0 Å². The SMILES string of the molecule is Nc1nc2c(ncn2/C(F)=C/C(F)(F)F)c(=O)[nH]1. The van der Waals surface area contributed by atoms with Crippen molar-refractivity contribution in [2.24, 2.45) is 0 Å². The first-order chi connectivity index (χ1) is 8.28. The van der Waals surface area contributed by atoms with Crippen LogP contribution in [0.4, 0.5) is 23.5 Å². The van der Waals surface area contributed by atoms with Crippen LogP contribution in [0.1, 0.15) is 0 Å². The Morgan fingerprint density at radius 3 is 2.78 bits per heavy atom. The van der Waals surface area contributed by atoms with Gasteiger partial charge in [0.15, 0.2) is 11.2 Å². The number of fused-ring (bicyclic) bond motifs is 1. The van der Waals surface area contributed by atoms with Gasteiger partial charge in [0, 0.05) is 0 Å². The molecule has 0 aromatic carbocycles. The van der Waals surface area contributed by atoms with E-state index >= 15 is 0 Å². The highest BCUT2D eigenvalue weighted by molar-refractivity contribution is 5.74. The number of nitrogen functional groups attached to an aromatic ring is 1. The first-order valence-corrected chi connectivity index (χ1v) is 4.46. The monoisotopic (exact) mass is 263 g/mol. The van der Waals surface area contributed by atoms with E-state index < -0.39 is 29.4 Å². The lowest BCUT2D eigenvalue weighted by Crippen LogP contribution is -2.12. The summed E-state index contributed by atoms with van der Waals surface area (Å²) in [6.07, 6.45) is -4.70. The van der Waals surface area contributed by atoms with Crippen molar-refractivity contribution >= 4 is 23.1 Å². The van der Waals surface area contributed by atoms with Gasteiger partial charge in [-0.3, -0.25) is 14.3 Å². The van der Waals surface area contributed by atoms with E-state index in [9.17, 15) is 22.4 Å². The van der Waals surface area contributed by atoms with Crippen LogP contribution < -0.4 is 11.3 Å². The number of aromatic nitrogens is 4. The van der Waals surface area contributed by atoms with E-state index in [1.165, 1.54) is 0 Å². The summed E-state index contributed by atoms with van der Waals surface area (Å²) in [5, 5.41) is 0. The van der Waals surface area contributed by atoms with Crippen molar-refractivity contribution in [3.8, 4) is 0 Å². The molecule has 0 aliphatic carbocycles. The molecule has 0 unspecified atom stereocenters. The molecule has 2 aromatic rings. The largest absolute Gasteiger partial charge is 0.414 e. The molecule has 0 fully saturated rings. The van der Waals surface area contributed by atoms with Crippen LogP contribution >= 0.6 is 0 Å². The first kappa shape index (κ1) is 12.1. The van der Waals surface area contributed by atoms with Crippen LogP contribution in [0.5, 0.6) is 0 Å². The Hall–Kier alpha value is -2.39. The molecule has 96 valence electrons. The van der Waals surface area contributed by atoms with E-state index in [0.29, 0.717) is 10.9 Å². The van der Waals surface area contributed by atoms with Crippen LogP contribution in [0.15, 0.2) is 17.2 Å². The van der Waals surface area contributed by atoms with E-state index in [4.69, 9.17) is 5.73 Å². The Kier molecular flexibility index (Phi) is 2.56. The van der Waals surface area contributed by atoms with Crippen molar-refractivity contribution in [3.63, 3.8) is 0 Å². The van der Waals surface area contributed by atoms with E-state index in [2.05, 4.69) is 15.0 Å². The normalized spacial score (nSPS) is 13.2. The molecular formula is C8H5F4N5O. The second-order valence-corrected chi connectivity index (χ2v) is 3.25. The lowest BCUT2D eigenvalue weighted by atomic mass is 10.5. The molecule has 0 bridgehead atoms. The number of aromatic amines is 1. The highest BCUT2D eigenvalue weighted by Crippen LogP contribution is 2.23. The average Bonchev–Trinajstić information content (AvgIpc) is 2.58. The Bertz CT molecular complexity index is 683. The molecule has 2 heterocycles. The molecule has 0 saturated heterocycles. The molecule has 6 nitrogen and oxygen atoms in total. The fraction of sp³-hybridized carbons (Fsp3) is 0.125. The Balaban J connectivity index is 2.67. The number of hydrogen-bond donors (Lipinski definition) is 2. The van der Waals surface area contributed by atoms with Gasteiger partial charge in [0.1, 0.15) is 6.33 Å². The molecule has 0 radical (unpaired) electrons. The maximum atomic E-state index is 13.3. The third-order valence-corrected chi connectivity index (χ3v) is 1.94. The second-order valence-electron chi connectivity index (χ2n) is 3.25. The average molecular weight is 263 g/mol. The Morgan fingerprint density at radius 2 is 2.17 bits per heavy atom. The van der Waals surface area contributed by atoms with E-state index in [1.807, 2.05) is 0 Å². The maximum Gasteiger partial charge on any atom is 0.414 e. The number of anilines is 1. The second kappa shape index (κ2) is 3.82. The number of rotatable bonds is 1. The van der Waals surface area contributed by atoms with Gasteiger partial charge < -0.3 is 5.73 Å². The van der Waals surface area contributed by atoms with Gasteiger partial charge in [0.05, 0.1) is 6.08 Å². The van der Waals surface area contributed by atoms with Gasteiger partial charge in [-0.05, 0) is 0 Å². The summed E-state index contributed by atoms with van der Waals surface area (Å²) in [5.74, 6) is -2.02. The fourth-order valence-corrected chi connectivity index (χ4v) is 1.29. The summed E-state index contributed by atoms with van der Waals surface area (Å²) in [6.45, 7) is 0. The first-order valence-electron chi connectivity index (χ1n) is 4.46. The fourth-order valence-electron chi connectivity index (χ4n) is 1.29. The molecule has 0 saturated carbocycles. The van der Waals surface area contributed by atoms with Gasteiger partial charge in [-0.2, -0.15) is 22.5 Å². The summed E-state index contributed by atoms with van der Waals surface area (Å²) in [7, 11) is 0. The highest BCUT2D eigenvalue weighted by atomic mass is 19.4. The predicted molar refractivity (Wildman–Crippen MR) is 54.0 cm³/mol. The lowest BCUT2D eigenvalue weighted by molar-refractivity contribution is -0.0801. The molecule has 18 heavy (non-hydrogen) atoms. The van der Waals surface area contributed by atoms with Gasteiger partial charge in [-0.15, -0.1) is 0 Å². The summed E-state index contributed by atoms with van der Waals surface area (Å²) < 4.78 is 49.7. The Morgan fingerprint density at radius 1 is 1.50 bits per heavy atom. The van der Waals surface area contributed by atoms with Crippen LogP contribution in [0.25, 0.3) is 17.1 Å². The summed E-state index contributed by atoms with van der Waals surface area (Å²) in [5.41, 5.74) is 3.74. The smallest absolute Gasteiger partial charge is 0.369 e. The van der Waals surface area contributed by atoms with Crippen molar-refractivity contribution in [3.05, 3.63) is 22.8 Å².